The van der Waals surface area contributed by atoms with Crippen molar-refractivity contribution >= 4 is 5.97 Å². The highest BCUT2D eigenvalue weighted by molar-refractivity contribution is 5.79. The van der Waals surface area contributed by atoms with Crippen molar-refractivity contribution < 1.29 is 14.3 Å². The molecule has 0 spiro atoms. The Morgan fingerprint density at radius 1 is 1.32 bits per heavy atom. The van der Waals surface area contributed by atoms with Crippen LogP contribution in [0.15, 0.2) is 18.2 Å². The molecule has 1 unspecified atom stereocenters. The van der Waals surface area contributed by atoms with Crippen molar-refractivity contribution in [3.05, 3.63) is 29.3 Å². The van der Waals surface area contributed by atoms with Crippen molar-refractivity contribution in [1.82, 2.24) is 5.32 Å². The van der Waals surface area contributed by atoms with Gasteiger partial charge in [-0.1, -0.05) is 12.1 Å². The van der Waals surface area contributed by atoms with Gasteiger partial charge in [0.1, 0.15) is 11.3 Å². The van der Waals surface area contributed by atoms with E-state index in [1.54, 1.807) is 21.0 Å². The average Bonchev–Trinajstić information content (AvgIpc) is 2.36. The Morgan fingerprint density at radius 2 is 1.95 bits per heavy atom. The first-order valence-electron chi connectivity index (χ1n) is 6.32. The van der Waals surface area contributed by atoms with E-state index in [1.165, 1.54) is 7.11 Å². The predicted octanol–water partition coefficient (Wildman–Crippen LogP) is 2.61. The van der Waals surface area contributed by atoms with Crippen molar-refractivity contribution in [3.8, 4) is 5.75 Å². The fourth-order valence-corrected chi connectivity index (χ4v) is 2.11. The van der Waals surface area contributed by atoms with Gasteiger partial charge in [0.15, 0.2) is 0 Å². The molecular formula is C15H23NO3. The minimum Gasteiger partial charge on any atom is -0.496 e. The molecule has 0 aliphatic heterocycles. The highest BCUT2D eigenvalue weighted by atomic mass is 16.5. The lowest BCUT2D eigenvalue weighted by atomic mass is 9.99. The largest absolute Gasteiger partial charge is 0.496 e. The van der Waals surface area contributed by atoms with Gasteiger partial charge in [-0.25, -0.2) is 0 Å². The van der Waals surface area contributed by atoms with Crippen LogP contribution in [0.4, 0.5) is 0 Å². The standard InChI is InChI=1S/C15H23NO3/c1-10-7-8-12(13(9-10)18-5)11(2)16-15(3,4)14(17)19-6/h7-9,11,16H,1-6H3. The molecule has 0 bridgehead atoms. The lowest BCUT2D eigenvalue weighted by Gasteiger charge is -2.28. The van der Waals surface area contributed by atoms with Gasteiger partial charge in [-0.05, 0) is 39.3 Å². The van der Waals surface area contributed by atoms with Gasteiger partial charge < -0.3 is 9.47 Å². The summed E-state index contributed by atoms with van der Waals surface area (Å²) in [5.74, 6) is 0.533. The summed E-state index contributed by atoms with van der Waals surface area (Å²) in [5, 5.41) is 3.26. The molecule has 0 aromatic heterocycles. The summed E-state index contributed by atoms with van der Waals surface area (Å²) >= 11 is 0. The quantitative estimate of drug-likeness (QED) is 0.831. The number of methoxy groups -OCH3 is 2. The van der Waals surface area contributed by atoms with Gasteiger partial charge in [0.2, 0.25) is 0 Å². The Morgan fingerprint density at radius 3 is 2.47 bits per heavy atom. The zero-order chi connectivity index (χ0) is 14.6. The fourth-order valence-electron chi connectivity index (χ4n) is 2.11. The van der Waals surface area contributed by atoms with Gasteiger partial charge in [0.05, 0.1) is 14.2 Å². The van der Waals surface area contributed by atoms with E-state index in [0.717, 1.165) is 16.9 Å². The second-order valence-corrected chi connectivity index (χ2v) is 5.23. The van der Waals surface area contributed by atoms with Crippen LogP contribution < -0.4 is 10.1 Å². The molecule has 1 rings (SSSR count). The molecule has 0 aliphatic rings. The Kier molecular flexibility index (Phi) is 4.95. The van der Waals surface area contributed by atoms with Gasteiger partial charge in [0, 0.05) is 11.6 Å². The van der Waals surface area contributed by atoms with Crippen LogP contribution in [-0.2, 0) is 9.53 Å². The molecule has 1 N–H and O–H groups in total. The number of benzene rings is 1. The van der Waals surface area contributed by atoms with Crippen LogP contribution in [0.2, 0.25) is 0 Å². The van der Waals surface area contributed by atoms with E-state index >= 15 is 0 Å². The Balaban J connectivity index is 2.95. The summed E-state index contributed by atoms with van der Waals surface area (Å²) in [6, 6.07) is 6.00. The normalized spacial score (nSPS) is 12.9. The van der Waals surface area contributed by atoms with E-state index in [1.807, 2.05) is 32.0 Å². The average molecular weight is 265 g/mol. The maximum absolute atomic E-state index is 11.7. The zero-order valence-corrected chi connectivity index (χ0v) is 12.5. The second kappa shape index (κ2) is 6.06. The van der Waals surface area contributed by atoms with Gasteiger partial charge in [0.25, 0.3) is 0 Å². The number of hydrogen-bond acceptors (Lipinski definition) is 4. The third kappa shape index (κ3) is 3.70. The van der Waals surface area contributed by atoms with Crippen LogP contribution in [0.3, 0.4) is 0 Å². The first kappa shape index (κ1) is 15.5. The van der Waals surface area contributed by atoms with E-state index < -0.39 is 5.54 Å². The fraction of sp³-hybridized carbons (Fsp3) is 0.533. The van der Waals surface area contributed by atoms with Crippen molar-refractivity contribution in [2.75, 3.05) is 14.2 Å². The van der Waals surface area contributed by atoms with Crippen LogP contribution in [0.25, 0.3) is 0 Å². The molecule has 0 aliphatic carbocycles. The summed E-state index contributed by atoms with van der Waals surface area (Å²) in [5.41, 5.74) is 1.41. The van der Waals surface area contributed by atoms with E-state index in [2.05, 4.69) is 5.32 Å². The smallest absolute Gasteiger partial charge is 0.325 e. The lowest BCUT2D eigenvalue weighted by molar-refractivity contribution is -0.147. The van der Waals surface area contributed by atoms with E-state index in [9.17, 15) is 4.79 Å². The van der Waals surface area contributed by atoms with Gasteiger partial charge >= 0.3 is 5.97 Å². The van der Waals surface area contributed by atoms with Crippen molar-refractivity contribution in [2.45, 2.75) is 39.3 Å². The zero-order valence-electron chi connectivity index (χ0n) is 12.5. The van der Waals surface area contributed by atoms with Crippen LogP contribution in [-0.4, -0.2) is 25.7 Å². The third-order valence-electron chi connectivity index (χ3n) is 3.13. The minimum absolute atomic E-state index is 0.0235. The third-order valence-corrected chi connectivity index (χ3v) is 3.13. The number of esters is 1. The first-order chi connectivity index (χ1) is 8.81. The molecule has 1 aromatic rings. The number of carbonyl (C=O) groups excluding carboxylic acids is 1. The molecule has 19 heavy (non-hydrogen) atoms. The van der Waals surface area contributed by atoms with E-state index in [0.29, 0.717) is 0 Å². The number of aryl methyl sites for hydroxylation is 1. The Bertz CT molecular complexity index is 455. The topological polar surface area (TPSA) is 47.6 Å². The monoisotopic (exact) mass is 265 g/mol. The van der Waals surface area contributed by atoms with Crippen LogP contribution in [0.1, 0.15) is 37.9 Å². The second-order valence-electron chi connectivity index (χ2n) is 5.23. The SMILES string of the molecule is COC(=O)C(C)(C)NC(C)c1ccc(C)cc1OC. The van der Waals surface area contributed by atoms with Gasteiger partial charge in [-0.3, -0.25) is 10.1 Å². The van der Waals surface area contributed by atoms with Crippen LogP contribution in [0, 0.1) is 6.92 Å². The van der Waals surface area contributed by atoms with E-state index in [-0.39, 0.29) is 12.0 Å². The van der Waals surface area contributed by atoms with E-state index in [4.69, 9.17) is 9.47 Å². The summed E-state index contributed by atoms with van der Waals surface area (Å²) in [6.07, 6.45) is 0. The molecule has 4 nitrogen and oxygen atoms in total. The highest BCUT2D eigenvalue weighted by Gasteiger charge is 2.30. The molecule has 0 amide bonds. The van der Waals surface area contributed by atoms with Crippen LogP contribution in [0.5, 0.6) is 5.75 Å². The first-order valence-corrected chi connectivity index (χ1v) is 6.32. The summed E-state index contributed by atoms with van der Waals surface area (Å²) < 4.78 is 10.2. The molecule has 0 saturated carbocycles. The maximum atomic E-state index is 11.7. The van der Waals surface area contributed by atoms with Crippen molar-refractivity contribution in [3.63, 3.8) is 0 Å². The van der Waals surface area contributed by atoms with Gasteiger partial charge in [-0.2, -0.15) is 0 Å². The Hall–Kier alpha value is -1.55. The minimum atomic E-state index is -0.746. The lowest BCUT2D eigenvalue weighted by Crippen LogP contribution is -2.48. The number of hydrogen-bond donors (Lipinski definition) is 1. The predicted molar refractivity (Wildman–Crippen MR) is 75.4 cm³/mol. The number of ether oxygens (including phenoxy) is 2. The Labute approximate surface area is 115 Å². The summed E-state index contributed by atoms with van der Waals surface area (Å²) in [6.45, 7) is 7.62. The molecule has 0 radical (unpaired) electrons. The molecule has 0 saturated heterocycles. The highest BCUT2D eigenvalue weighted by Crippen LogP contribution is 2.27. The molecule has 0 heterocycles. The summed E-state index contributed by atoms with van der Waals surface area (Å²) in [4.78, 5) is 11.7. The molecule has 0 fully saturated rings. The number of rotatable bonds is 5. The van der Waals surface area contributed by atoms with Crippen LogP contribution >= 0.6 is 0 Å². The molecular weight excluding hydrogens is 242 g/mol. The molecule has 1 atom stereocenters. The number of nitrogens with one attached hydrogen (secondary N) is 1. The molecule has 4 heteroatoms. The van der Waals surface area contributed by atoms with Gasteiger partial charge in [-0.15, -0.1) is 0 Å². The summed E-state index contributed by atoms with van der Waals surface area (Å²) in [7, 11) is 3.04. The van der Waals surface area contributed by atoms with Crippen molar-refractivity contribution in [2.24, 2.45) is 0 Å². The van der Waals surface area contributed by atoms with Crippen molar-refractivity contribution in [1.29, 1.82) is 0 Å². The molecule has 1 aromatic carbocycles. The maximum Gasteiger partial charge on any atom is 0.325 e. The molecule has 106 valence electrons. The number of carbonyl (C=O) groups is 1.